The monoisotopic (exact) mass is 387 g/mol. The number of nitrogens with one attached hydrogen (secondary N) is 3. The summed E-state index contributed by atoms with van der Waals surface area (Å²) in [5.41, 5.74) is 4.09. The summed E-state index contributed by atoms with van der Waals surface area (Å²) in [6.45, 7) is 6.02. The zero-order valence-corrected chi connectivity index (χ0v) is 16.4. The smallest absolute Gasteiger partial charge is 0.275 e. The number of fused-ring (bicyclic) bond motifs is 1. The van der Waals surface area contributed by atoms with Crippen molar-refractivity contribution in [1.29, 1.82) is 0 Å². The maximum absolute atomic E-state index is 12.5. The molecular formula is C23H21N3O3. The zero-order chi connectivity index (χ0) is 20.3. The lowest BCUT2D eigenvalue weighted by atomic mass is 9.94. The van der Waals surface area contributed by atoms with Gasteiger partial charge in [0.15, 0.2) is 0 Å². The maximum atomic E-state index is 12.5. The molecule has 3 aromatic rings. The average molecular weight is 387 g/mol. The Bertz CT molecular complexity index is 1200. The first-order chi connectivity index (χ1) is 13.8. The van der Waals surface area contributed by atoms with E-state index >= 15 is 0 Å². The number of aromatic nitrogens is 1. The van der Waals surface area contributed by atoms with Crippen LogP contribution in [0.15, 0.2) is 54.4 Å². The van der Waals surface area contributed by atoms with Crippen molar-refractivity contribution in [3.05, 3.63) is 71.0 Å². The highest BCUT2D eigenvalue weighted by molar-refractivity contribution is 6.37. The number of hydrogen-bond acceptors (Lipinski definition) is 4. The summed E-state index contributed by atoms with van der Waals surface area (Å²) in [6, 6.07) is 13.5. The number of rotatable bonds is 2. The van der Waals surface area contributed by atoms with E-state index in [4.69, 9.17) is 4.74 Å². The van der Waals surface area contributed by atoms with Crippen LogP contribution in [0.4, 0.5) is 0 Å². The number of aromatic amines is 1. The predicted molar refractivity (Wildman–Crippen MR) is 110 cm³/mol. The molecule has 6 nitrogen and oxygen atoms in total. The van der Waals surface area contributed by atoms with Crippen LogP contribution >= 0.6 is 0 Å². The van der Waals surface area contributed by atoms with E-state index in [1.165, 1.54) is 0 Å². The van der Waals surface area contributed by atoms with Crippen molar-refractivity contribution < 1.29 is 14.3 Å². The molecule has 1 atom stereocenters. The van der Waals surface area contributed by atoms with Crippen molar-refractivity contribution in [3.63, 3.8) is 0 Å². The van der Waals surface area contributed by atoms with Crippen LogP contribution in [0.25, 0.3) is 16.5 Å². The maximum Gasteiger partial charge on any atom is 0.275 e. The van der Waals surface area contributed by atoms with E-state index in [2.05, 4.69) is 15.6 Å². The van der Waals surface area contributed by atoms with Crippen LogP contribution in [0.5, 0.6) is 5.75 Å². The SMILES string of the molecule is CC(C)(C)Oc1ccc(C2NC3=C(C(=O)NC3=O)c3c[nH]c4cccc2c34)cc1. The van der Waals surface area contributed by atoms with Gasteiger partial charge in [-0.05, 0) is 50.1 Å². The molecule has 1 unspecified atom stereocenters. The van der Waals surface area contributed by atoms with Gasteiger partial charge in [0.05, 0.1) is 11.6 Å². The Morgan fingerprint density at radius 2 is 1.72 bits per heavy atom. The van der Waals surface area contributed by atoms with E-state index in [9.17, 15) is 9.59 Å². The van der Waals surface area contributed by atoms with Crippen LogP contribution in [0.2, 0.25) is 0 Å². The van der Waals surface area contributed by atoms with Gasteiger partial charge in [0.25, 0.3) is 11.8 Å². The number of benzene rings is 2. The van der Waals surface area contributed by atoms with Crippen LogP contribution in [0.3, 0.4) is 0 Å². The lowest BCUT2D eigenvalue weighted by Crippen LogP contribution is -2.30. The molecule has 0 bridgehead atoms. The van der Waals surface area contributed by atoms with Crippen LogP contribution < -0.4 is 15.4 Å². The van der Waals surface area contributed by atoms with E-state index in [1.807, 2.05) is 63.2 Å². The number of carbonyl (C=O) groups excluding carboxylic acids is 2. The number of H-pyrrole nitrogens is 1. The summed E-state index contributed by atoms with van der Waals surface area (Å²) >= 11 is 0. The molecule has 29 heavy (non-hydrogen) atoms. The van der Waals surface area contributed by atoms with Gasteiger partial charge in [-0.25, -0.2) is 0 Å². The quantitative estimate of drug-likeness (QED) is 0.589. The molecular weight excluding hydrogens is 366 g/mol. The van der Waals surface area contributed by atoms with Gasteiger partial charge in [-0.2, -0.15) is 0 Å². The Morgan fingerprint density at radius 1 is 0.966 bits per heavy atom. The summed E-state index contributed by atoms with van der Waals surface area (Å²) in [5.74, 6) is 0.0109. The van der Waals surface area contributed by atoms with Crippen LogP contribution in [-0.4, -0.2) is 22.4 Å². The molecule has 5 rings (SSSR count). The van der Waals surface area contributed by atoms with Crippen molar-refractivity contribution in [2.45, 2.75) is 32.4 Å². The Hall–Kier alpha value is -3.54. The molecule has 2 aliphatic rings. The first kappa shape index (κ1) is 17.6. The lowest BCUT2D eigenvalue weighted by Gasteiger charge is -2.23. The second kappa shape index (κ2) is 5.98. The van der Waals surface area contributed by atoms with Gasteiger partial charge in [0.2, 0.25) is 0 Å². The normalized spacial score (nSPS) is 18.4. The molecule has 3 heterocycles. The third-order valence-corrected chi connectivity index (χ3v) is 5.18. The molecule has 2 aromatic carbocycles. The van der Waals surface area contributed by atoms with Crippen molar-refractivity contribution in [2.75, 3.05) is 0 Å². The Labute approximate surface area is 167 Å². The van der Waals surface area contributed by atoms with Crippen molar-refractivity contribution in [2.24, 2.45) is 0 Å². The van der Waals surface area contributed by atoms with Gasteiger partial charge in [-0.15, -0.1) is 0 Å². The summed E-state index contributed by atoms with van der Waals surface area (Å²) in [5, 5.41) is 6.69. The summed E-state index contributed by atoms with van der Waals surface area (Å²) in [7, 11) is 0. The first-order valence-corrected chi connectivity index (χ1v) is 9.58. The highest BCUT2D eigenvalue weighted by Gasteiger charge is 2.37. The standard InChI is InChI=1S/C23H21N3O3/c1-23(2,3)29-13-9-7-12(8-10-13)19-14-5-4-6-16-17(14)15(11-24-16)18-20(25-19)22(28)26-21(18)27/h4-11,19,24-25H,1-3H3,(H,26,27,28). The molecule has 0 spiro atoms. The summed E-state index contributed by atoms with van der Waals surface area (Å²) < 4.78 is 5.93. The minimum atomic E-state index is -0.398. The van der Waals surface area contributed by atoms with Crippen LogP contribution in [0, 0.1) is 0 Å². The second-order valence-electron chi connectivity index (χ2n) is 8.37. The molecule has 0 aliphatic carbocycles. The topological polar surface area (TPSA) is 83.2 Å². The van der Waals surface area contributed by atoms with Crippen molar-refractivity contribution >= 4 is 28.3 Å². The van der Waals surface area contributed by atoms with Gasteiger partial charge in [-0.1, -0.05) is 24.3 Å². The fraction of sp³-hybridized carbons (Fsp3) is 0.217. The molecule has 1 aromatic heterocycles. The van der Waals surface area contributed by atoms with E-state index in [0.29, 0.717) is 11.3 Å². The first-order valence-electron chi connectivity index (χ1n) is 9.58. The molecule has 0 saturated heterocycles. The molecule has 0 saturated carbocycles. The van der Waals surface area contributed by atoms with E-state index in [0.717, 1.165) is 33.3 Å². The number of imide groups is 1. The van der Waals surface area contributed by atoms with E-state index < -0.39 is 5.91 Å². The Morgan fingerprint density at radius 3 is 2.45 bits per heavy atom. The summed E-state index contributed by atoms with van der Waals surface area (Å²) in [4.78, 5) is 28.2. The zero-order valence-electron chi connectivity index (χ0n) is 16.4. The summed E-state index contributed by atoms with van der Waals surface area (Å²) in [6.07, 6.45) is 1.80. The Balaban J connectivity index is 1.66. The third-order valence-electron chi connectivity index (χ3n) is 5.18. The number of ether oxygens (including phenoxy) is 1. The highest BCUT2D eigenvalue weighted by atomic mass is 16.5. The largest absolute Gasteiger partial charge is 0.488 e. The van der Waals surface area contributed by atoms with Gasteiger partial charge >= 0.3 is 0 Å². The molecule has 3 N–H and O–H groups in total. The molecule has 6 heteroatoms. The number of amides is 2. The predicted octanol–water partition coefficient (Wildman–Crippen LogP) is 3.41. The van der Waals surface area contributed by atoms with Crippen molar-refractivity contribution in [1.82, 2.24) is 15.6 Å². The molecule has 2 aliphatic heterocycles. The average Bonchev–Trinajstić information content (AvgIpc) is 3.14. The van der Waals surface area contributed by atoms with Gasteiger partial charge in [-0.3, -0.25) is 14.9 Å². The minimum Gasteiger partial charge on any atom is -0.488 e. The number of carbonyl (C=O) groups is 2. The van der Waals surface area contributed by atoms with E-state index in [1.54, 1.807) is 6.20 Å². The lowest BCUT2D eigenvalue weighted by molar-refractivity contribution is -0.123. The second-order valence-corrected chi connectivity index (χ2v) is 8.37. The third kappa shape index (κ3) is 2.79. The van der Waals surface area contributed by atoms with Gasteiger partial charge in [0, 0.05) is 22.7 Å². The van der Waals surface area contributed by atoms with Crippen molar-refractivity contribution in [3.8, 4) is 5.75 Å². The molecule has 0 fully saturated rings. The fourth-order valence-electron chi connectivity index (χ4n) is 4.07. The molecule has 0 radical (unpaired) electrons. The minimum absolute atomic E-state index is 0.277. The van der Waals surface area contributed by atoms with E-state index in [-0.39, 0.29) is 17.6 Å². The molecule has 146 valence electrons. The number of hydrogen-bond donors (Lipinski definition) is 3. The van der Waals surface area contributed by atoms with Crippen LogP contribution in [-0.2, 0) is 9.59 Å². The van der Waals surface area contributed by atoms with Gasteiger partial charge < -0.3 is 15.0 Å². The van der Waals surface area contributed by atoms with Crippen LogP contribution in [0.1, 0.15) is 43.5 Å². The Kier molecular flexibility index (Phi) is 3.62. The van der Waals surface area contributed by atoms with Gasteiger partial charge in [0.1, 0.15) is 17.0 Å². The fourth-order valence-corrected chi connectivity index (χ4v) is 4.07. The molecule has 2 amide bonds. The highest BCUT2D eigenvalue weighted by Crippen LogP contribution is 2.40.